The molecule has 1 aliphatic carbocycles. The van der Waals surface area contributed by atoms with E-state index < -0.39 is 4.92 Å². The summed E-state index contributed by atoms with van der Waals surface area (Å²) in [6.45, 7) is 1.21. The van der Waals surface area contributed by atoms with Crippen LogP contribution in [-0.4, -0.2) is 35.3 Å². The Morgan fingerprint density at radius 2 is 2.06 bits per heavy atom. The zero-order chi connectivity index (χ0) is 13.0. The van der Waals surface area contributed by atoms with Gasteiger partial charge in [0.1, 0.15) is 12.4 Å². The maximum Gasteiger partial charge on any atom is 0.269 e. The molecule has 0 unspecified atom stereocenters. The van der Waals surface area contributed by atoms with E-state index in [-0.39, 0.29) is 11.8 Å². The number of non-ortho nitro benzene ring substituents is 1. The fourth-order valence-electron chi connectivity index (χ4n) is 1.85. The van der Waals surface area contributed by atoms with Gasteiger partial charge in [-0.3, -0.25) is 10.1 Å². The van der Waals surface area contributed by atoms with E-state index >= 15 is 0 Å². The number of nitro groups is 1. The highest BCUT2D eigenvalue weighted by atomic mass is 16.6. The molecule has 1 aromatic carbocycles. The van der Waals surface area contributed by atoms with E-state index in [2.05, 4.69) is 5.32 Å². The second-order valence-corrected chi connectivity index (χ2v) is 4.38. The lowest BCUT2D eigenvalue weighted by atomic mass is 9.90. The number of rotatable bonds is 6. The first-order valence-corrected chi connectivity index (χ1v) is 5.94. The lowest BCUT2D eigenvalue weighted by molar-refractivity contribution is -0.384. The Morgan fingerprint density at radius 1 is 1.39 bits per heavy atom. The molecule has 18 heavy (non-hydrogen) atoms. The summed E-state index contributed by atoms with van der Waals surface area (Å²) in [4.78, 5) is 10.0. The van der Waals surface area contributed by atoms with Crippen LogP contribution < -0.4 is 10.1 Å². The van der Waals surface area contributed by atoms with E-state index in [1.807, 2.05) is 0 Å². The third kappa shape index (κ3) is 3.41. The molecule has 0 aliphatic heterocycles. The Bertz CT molecular complexity index is 401. The minimum Gasteiger partial charge on any atom is -0.492 e. The zero-order valence-corrected chi connectivity index (χ0v) is 9.91. The number of aliphatic hydroxyl groups is 1. The molecule has 0 aromatic heterocycles. The Kier molecular flexibility index (Phi) is 4.11. The van der Waals surface area contributed by atoms with E-state index in [4.69, 9.17) is 9.84 Å². The van der Waals surface area contributed by atoms with Crippen LogP contribution >= 0.6 is 0 Å². The van der Waals surface area contributed by atoms with E-state index in [0.717, 1.165) is 12.8 Å². The van der Waals surface area contributed by atoms with Crippen molar-refractivity contribution in [3.63, 3.8) is 0 Å². The van der Waals surface area contributed by atoms with Crippen molar-refractivity contribution in [2.45, 2.75) is 25.0 Å². The molecule has 2 rings (SSSR count). The van der Waals surface area contributed by atoms with Gasteiger partial charge >= 0.3 is 0 Å². The topological polar surface area (TPSA) is 84.6 Å². The van der Waals surface area contributed by atoms with Crippen LogP contribution in [0.3, 0.4) is 0 Å². The molecule has 2 N–H and O–H groups in total. The van der Waals surface area contributed by atoms with Crippen LogP contribution in [0.2, 0.25) is 0 Å². The van der Waals surface area contributed by atoms with Gasteiger partial charge in [0.15, 0.2) is 0 Å². The molecule has 0 amide bonds. The number of aliphatic hydroxyl groups excluding tert-OH is 1. The number of nitro benzene ring substituents is 1. The monoisotopic (exact) mass is 252 g/mol. The van der Waals surface area contributed by atoms with Crippen LogP contribution in [0.1, 0.15) is 12.8 Å². The molecule has 0 heterocycles. The molecule has 6 heteroatoms. The van der Waals surface area contributed by atoms with Gasteiger partial charge in [-0.25, -0.2) is 0 Å². The first-order valence-electron chi connectivity index (χ1n) is 5.94. The van der Waals surface area contributed by atoms with Crippen LogP contribution in [0.15, 0.2) is 24.3 Å². The quantitative estimate of drug-likeness (QED) is 0.449. The lowest BCUT2D eigenvalue weighted by Gasteiger charge is -2.32. The van der Waals surface area contributed by atoms with Gasteiger partial charge in [0.2, 0.25) is 0 Å². The Labute approximate surface area is 105 Å². The molecule has 0 saturated heterocycles. The fourth-order valence-corrected chi connectivity index (χ4v) is 1.85. The minimum absolute atomic E-state index is 0.0592. The summed E-state index contributed by atoms with van der Waals surface area (Å²) >= 11 is 0. The second-order valence-electron chi connectivity index (χ2n) is 4.38. The number of nitrogens with zero attached hydrogens (tertiary/aromatic N) is 1. The van der Waals surface area contributed by atoms with Crippen molar-refractivity contribution in [2.75, 3.05) is 13.2 Å². The summed E-state index contributed by atoms with van der Waals surface area (Å²) in [5.41, 5.74) is 0.0592. The van der Waals surface area contributed by atoms with Crippen molar-refractivity contribution >= 4 is 5.69 Å². The molecule has 1 aromatic rings. The molecule has 1 saturated carbocycles. The van der Waals surface area contributed by atoms with Crippen LogP contribution in [0.25, 0.3) is 0 Å². The number of hydrogen-bond acceptors (Lipinski definition) is 5. The predicted molar refractivity (Wildman–Crippen MR) is 65.6 cm³/mol. The summed E-state index contributed by atoms with van der Waals surface area (Å²) in [6.07, 6.45) is 1.45. The summed E-state index contributed by atoms with van der Waals surface area (Å²) in [5, 5.41) is 22.8. The molecular weight excluding hydrogens is 236 g/mol. The first kappa shape index (κ1) is 12.8. The van der Waals surface area contributed by atoms with Gasteiger partial charge in [0.05, 0.1) is 11.0 Å². The van der Waals surface area contributed by atoms with Gasteiger partial charge in [-0.1, -0.05) is 0 Å². The zero-order valence-electron chi connectivity index (χ0n) is 9.91. The van der Waals surface area contributed by atoms with Crippen LogP contribution in [0.4, 0.5) is 5.69 Å². The molecular formula is C12H16N2O4. The number of benzene rings is 1. The van der Waals surface area contributed by atoms with Crippen LogP contribution in [0, 0.1) is 10.1 Å². The molecule has 0 bridgehead atoms. The molecule has 0 atom stereocenters. The average molecular weight is 252 g/mol. The Morgan fingerprint density at radius 3 is 2.61 bits per heavy atom. The largest absolute Gasteiger partial charge is 0.492 e. The molecule has 6 nitrogen and oxygen atoms in total. The first-order chi connectivity index (χ1) is 8.65. The molecule has 98 valence electrons. The van der Waals surface area contributed by atoms with Crippen LogP contribution in [0.5, 0.6) is 5.75 Å². The summed E-state index contributed by atoms with van der Waals surface area (Å²) < 4.78 is 5.44. The summed E-state index contributed by atoms with van der Waals surface area (Å²) in [5.74, 6) is 0.621. The number of ether oxygens (including phenoxy) is 1. The van der Waals surface area contributed by atoms with Gasteiger partial charge in [-0.15, -0.1) is 0 Å². The Balaban J connectivity index is 1.65. The van der Waals surface area contributed by atoms with Crippen molar-refractivity contribution in [3.8, 4) is 5.75 Å². The normalized spacial score (nSPS) is 22.3. The second kappa shape index (κ2) is 5.79. The molecule has 1 aliphatic rings. The number of nitrogens with one attached hydrogen (secondary N) is 1. The van der Waals surface area contributed by atoms with Crippen molar-refractivity contribution in [3.05, 3.63) is 34.4 Å². The van der Waals surface area contributed by atoms with Gasteiger partial charge in [0, 0.05) is 24.7 Å². The third-order valence-corrected chi connectivity index (χ3v) is 2.96. The van der Waals surface area contributed by atoms with Crippen LogP contribution in [-0.2, 0) is 0 Å². The fraction of sp³-hybridized carbons (Fsp3) is 0.500. The van der Waals surface area contributed by atoms with E-state index in [1.54, 1.807) is 12.1 Å². The number of hydrogen-bond donors (Lipinski definition) is 2. The van der Waals surface area contributed by atoms with E-state index in [9.17, 15) is 10.1 Å². The van der Waals surface area contributed by atoms with E-state index in [0.29, 0.717) is 24.9 Å². The lowest BCUT2D eigenvalue weighted by Crippen LogP contribution is -2.45. The maximum atomic E-state index is 10.4. The van der Waals surface area contributed by atoms with Crippen molar-refractivity contribution in [2.24, 2.45) is 0 Å². The van der Waals surface area contributed by atoms with Crippen molar-refractivity contribution in [1.82, 2.24) is 5.32 Å². The Hall–Kier alpha value is -1.66. The van der Waals surface area contributed by atoms with Gasteiger partial charge < -0.3 is 15.2 Å². The highest BCUT2D eigenvalue weighted by Crippen LogP contribution is 2.19. The third-order valence-electron chi connectivity index (χ3n) is 2.96. The average Bonchev–Trinajstić information content (AvgIpc) is 2.32. The molecule has 0 radical (unpaired) electrons. The van der Waals surface area contributed by atoms with Gasteiger partial charge in [0.25, 0.3) is 5.69 Å². The van der Waals surface area contributed by atoms with Gasteiger partial charge in [-0.2, -0.15) is 0 Å². The standard InChI is InChI=1S/C12H16N2O4/c15-11-7-9(8-11)13-5-6-18-12-3-1-10(2-4-12)14(16)17/h1-4,9,11,13,15H,5-8H2. The highest BCUT2D eigenvalue weighted by molar-refractivity contribution is 5.35. The molecule has 0 spiro atoms. The van der Waals surface area contributed by atoms with Gasteiger partial charge in [-0.05, 0) is 25.0 Å². The summed E-state index contributed by atoms with van der Waals surface area (Å²) in [7, 11) is 0. The van der Waals surface area contributed by atoms with Crippen molar-refractivity contribution in [1.29, 1.82) is 0 Å². The molecule has 1 fully saturated rings. The maximum absolute atomic E-state index is 10.4. The SMILES string of the molecule is O=[N+]([O-])c1ccc(OCCNC2CC(O)C2)cc1. The summed E-state index contributed by atoms with van der Waals surface area (Å²) in [6, 6.07) is 6.41. The smallest absolute Gasteiger partial charge is 0.269 e. The van der Waals surface area contributed by atoms with Crippen molar-refractivity contribution < 1.29 is 14.8 Å². The predicted octanol–water partition coefficient (Wildman–Crippen LogP) is 1.09. The van der Waals surface area contributed by atoms with E-state index in [1.165, 1.54) is 12.1 Å². The highest BCUT2D eigenvalue weighted by Gasteiger charge is 2.25. The minimum atomic E-state index is -0.437.